The van der Waals surface area contributed by atoms with Gasteiger partial charge in [0.05, 0.1) is 6.04 Å². The van der Waals surface area contributed by atoms with E-state index < -0.39 is 0 Å². The summed E-state index contributed by atoms with van der Waals surface area (Å²) >= 11 is 6.26. The molecule has 0 aliphatic heterocycles. The fourth-order valence-corrected chi connectivity index (χ4v) is 3.52. The molecule has 1 aromatic carbocycles. The maximum absolute atomic E-state index is 12.3. The molecule has 1 amide bonds. The van der Waals surface area contributed by atoms with E-state index in [1.54, 1.807) is 19.1 Å². The molecule has 1 N–H and O–H groups in total. The third-order valence-electron chi connectivity index (χ3n) is 4.79. The van der Waals surface area contributed by atoms with Gasteiger partial charge in [-0.15, -0.1) is 0 Å². The van der Waals surface area contributed by atoms with Gasteiger partial charge in [-0.05, 0) is 47.8 Å². The molecule has 1 atom stereocenters. The second-order valence-corrected chi connectivity index (χ2v) is 7.18. The minimum Gasteiger partial charge on any atom is -0.508 e. The highest BCUT2D eigenvalue weighted by Crippen LogP contribution is 2.34. The summed E-state index contributed by atoms with van der Waals surface area (Å²) in [4.78, 5) is 14.3. The van der Waals surface area contributed by atoms with Crippen LogP contribution in [0.15, 0.2) is 53.6 Å². The second-order valence-electron chi connectivity index (χ2n) is 6.74. The summed E-state index contributed by atoms with van der Waals surface area (Å²) in [5.41, 5.74) is 2.72. The van der Waals surface area contributed by atoms with E-state index in [1.807, 2.05) is 29.2 Å². The normalized spacial score (nSPS) is 16.7. The predicted octanol–water partition coefficient (Wildman–Crippen LogP) is 5.66. The number of hydrogen-bond acceptors (Lipinski definition) is 2. The summed E-state index contributed by atoms with van der Waals surface area (Å²) in [6, 6.07) is 6.90. The first-order valence-electron chi connectivity index (χ1n) is 9.27. The number of halogens is 1. The molecule has 3 nitrogen and oxygen atoms in total. The topological polar surface area (TPSA) is 40.5 Å². The van der Waals surface area contributed by atoms with Crippen LogP contribution in [0.4, 0.5) is 0 Å². The molecule has 0 heterocycles. The Bertz CT molecular complexity index is 703. The summed E-state index contributed by atoms with van der Waals surface area (Å²) in [6.07, 6.45) is 9.04. The average Bonchev–Trinajstić information content (AvgIpc) is 2.62. The molecule has 1 aliphatic carbocycles. The van der Waals surface area contributed by atoms with Gasteiger partial charge in [0, 0.05) is 18.5 Å². The molecular weight excluding hydrogens is 346 g/mol. The number of aromatic hydroxyl groups is 1. The zero-order chi connectivity index (χ0) is 19.1. The third kappa shape index (κ3) is 5.25. The molecule has 0 fully saturated rings. The largest absolute Gasteiger partial charge is 0.508 e. The number of benzene rings is 1. The van der Waals surface area contributed by atoms with Crippen molar-refractivity contribution in [3.8, 4) is 5.75 Å². The summed E-state index contributed by atoms with van der Waals surface area (Å²) in [6.45, 7) is 8.79. The van der Waals surface area contributed by atoms with E-state index in [-0.39, 0.29) is 17.7 Å². The van der Waals surface area contributed by atoms with Crippen molar-refractivity contribution in [1.82, 2.24) is 4.90 Å². The van der Waals surface area contributed by atoms with Gasteiger partial charge < -0.3 is 10.0 Å². The van der Waals surface area contributed by atoms with E-state index in [2.05, 4.69) is 13.5 Å². The molecule has 0 spiro atoms. The molecule has 0 radical (unpaired) electrons. The summed E-state index contributed by atoms with van der Waals surface area (Å²) in [7, 11) is 0. The molecule has 1 aromatic rings. The number of allylic oxidation sites excluding steroid dienone is 2. The lowest BCUT2D eigenvalue weighted by atomic mass is 9.88. The van der Waals surface area contributed by atoms with E-state index in [1.165, 1.54) is 12.8 Å². The van der Waals surface area contributed by atoms with E-state index in [9.17, 15) is 9.90 Å². The van der Waals surface area contributed by atoms with Crippen molar-refractivity contribution in [3.63, 3.8) is 0 Å². The summed E-state index contributed by atoms with van der Waals surface area (Å²) in [5, 5.41) is 10.2. The number of rotatable bonds is 8. The summed E-state index contributed by atoms with van der Waals surface area (Å²) < 4.78 is 0. The number of unbranched alkanes of at least 4 members (excludes halogenated alkanes) is 3. The molecule has 2 rings (SSSR count). The van der Waals surface area contributed by atoms with E-state index >= 15 is 0 Å². The van der Waals surface area contributed by atoms with Gasteiger partial charge in [-0.1, -0.05) is 62.6 Å². The summed E-state index contributed by atoms with van der Waals surface area (Å²) in [5.74, 6) is 0.289. The van der Waals surface area contributed by atoms with Gasteiger partial charge >= 0.3 is 0 Å². The zero-order valence-electron chi connectivity index (χ0n) is 15.7. The van der Waals surface area contributed by atoms with Crippen LogP contribution in [0.3, 0.4) is 0 Å². The molecule has 0 saturated heterocycles. The van der Waals surface area contributed by atoms with Crippen LogP contribution >= 0.6 is 11.6 Å². The first-order chi connectivity index (χ1) is 12.4. The first kappa shape index (κ1) is 20.3. The van der Waals surface area contributed by atoms with Crippen LogP contribution in [-0.2, 0) is 4.79 Å². The highest BCUT2D eigenvalue weighted by molar-refractivity contribution is 6.31. The van der Waals surface area contributed by atoms with Gasteiger partial charge in [-0.2, -0.15) is 0 Å². The SMILES string of the molecule is C=C(C1=CC(Cl)=CCC1N(CCCCCC)C(C)=O)c1ccc(O)cc1. The lowest BCUT2D eigenvalue weighted by Crippen LogP contribution is -2.41. The van der Waals surface area contributed by atoms with Crippen LogP contribution < -0.4 is 0 Å². The Morgan fingerprint density at radius 2 is 1.96 bits per heavy atom. The molecule has 4 heteroatoms. The van der Waals surface area contributed by atoms with Crippen molar-refractivity contribution in [2.24, 2.45) is 0 Å². The van der Waals surface area contributed by atoms with Crippen molar-refractivity contribution in [1.29, 1.82) is 0 Å². The van der Waals surface area contributed by atoms with Crippen molar-refractivity contribution in [3.05, 3.63) is 59.2 Å². The second kappa shape index (κ2) is 9.63. The number of carbonyl (C=O) groups is 1. The fourth-order valence-electron chi connectivity index (χ4n) is 3.31. The number of hydrogen-bond donors (Lipinski definition) is 1. The minimum atomic E-state index is -0.0575. The highest BCUT2D eigenvalue weighted by Gasteiger charge is 2.28. The molecule has 0 aromatic heterocycles. The Hall–Kier alpha value is -2.00. The Balaban J connectivity index is 2.24. The number of carbonyl (C=O) groups excluding carboxylic acids is 1. The number of phenolic OH excluding ortho intramolecular Hbond substituents is 1. The van der Waals surface area contributed by atoms with E-state index in [0.29, 0.717) is 11.5 Å². The standard InChI is InChI=1S/C22H28ClNO2/c1-4-5-6-7-14-24(17(3)25)22-13-10-19(23)15-21(22)16(2)18-8-11-20(26)12-9-18/h8-12,15,22,26H,2,4-7,13-14H2,1,3H3. The van der Waals surface area contributed by atoms with Crippen molar-refractivity contribution in [2.75, 3.05) is 6.54 Å². The van der Waals surface area contributed by atoms with Crippen LogP contribution in [0.25, 0.3) is 5.57 Å². The Kier molecular flexibility index (Phi) is 7.52. The van der Waals surface area contributed by atoms with E-state index in [4.69, 9.17) is 11.6 Å². The predicted molar refractivity (Wildman–Crippen MR) is 109 cm³/mol. The van der Waals surface area contributed by atoms with Crippen LogP contribution in [0.1, 0.15) is 51.5 Å². The quantitative estimate of drug-likeness (QED) is 0.597. The lowest BCUT2D eigenvalue weighted by molar-refractivity contribution is -0.130. The Labute approximate surface area is 161 Å². The van der Waals surface area contributed by atoms with Crippen LogP contribution in [0.2, 0.25) is 0 Å². The van der Waals surface area contributed by atoms with Crippen LogP contribution in [0.5, 0.6) is 5.75 Å². The molecular formula is C22H28ClNO2. The monoisotopic (exact) mass is 373 g/mol. The van der Waals surface area contributed by atoms with Gasteiger partial charge in [0.1, 0.15) is 5.75 Å². The highest BCUT2D eigenvalue weighted by atomic mass is 35.5. The van der Waals surface area contributed by atoms with Crippen LogP contribution in [0, 0.1) is 0 Å². The van der Waals surface area contributed by atoms with Gasteiger partial charge in [-0.25, -0.2) is 0 Å². The average molecular weight is 374 g/mol. The number of nitrogens with zero attached hydrogens (tertiary/aromatic N) is 1. The smallest absolute Gasteiger partial charge is 0.219 e. The van der Waals surface area contributed by atoms with Crippen molar-refractivity contribution < 1.29 is 9.90 Å². The van der Waals surface area contributed by atoms with Gasteiger partial charge in [0.2, 0.25) is 5.91 Å². The molecule has 26 heavy (non-hydrogen) atoms. The van der Waals surface area contributed by atoms with Gasteiger partial charge in [0.15, 0.2) is 0 Å². The third-order valence-corrected chi connectivity index (χ3v) is 5.05. The molecule has 140 valence electrons. The molecule has 0 bridgehead atoms. The maximum atomic E-state index is 12.3. The maximum Gasteiger partial charge on any atom is 0.219 e. The number of amides is 1. The lowest BCUT2D eigenvalue weighted by Gasteiger charge is -2.35. The Morgan fingerprint density at radius 1 is 1.27 bits per heavy atom. The molecule has 1 aliphatic rings. The van der Waals surface area contributed by atoms with Crippen molar-refractivity contribution in [2.45, 2.75) is 52.0 Å². The minimum absolute atomic E-state index is 0.0575. The van der Waals surface area contributed by atoms with Crippen LogP contribution in [-0.4, -0.2) is 28.5 Å². The molecule has 1 unspecified atom stereocenters. The fraction of sp³-hybridized carbons (Fsp3) is 0.409. The molecule has 0 saturated carbocycles. The number of phenols is 1. The zero-order valence-corrected chi connectivity index (χ0v) is 16.4. The first-order valence-corrected chi connectivity index (χ1v) is 9.65. The van der Waals surface area contributed by atoms with Gasteiger partial charge in [-0.3, -0.25) is 4.79 Å². The van der Waals surface area contributed by atoms with E-state index in [0.717, 1.165) is 36.1 Å². The van der Waals surface area contributed by atoms with Crippen molar-refractivity contribution >= 4 is 23.1 Å². The Morgan fingerprint density at radius 3 is 2.58 bits per heavy atom. The van der Waals surface area contributed by atoms with Gasteiger partial charge in [0.25, 0.3) is 0 Å².